The van der Waals surface area contributed by atoms with Gasteiger partial charge in [0, 0.05) is 5.38 Å². The van der Waals surface area contributed by atoms with Crippen molar-refractivity contribution in [3.8, 4) is 0 Å². The highest BCUT2D eigenvalue weighted by Crippen LogP contribution is 2.30. The summed E-state index contributed by atoms with van der Waals surface area (Å²) in [4.78, 5) is 22.9. The average molecular weight is 241 g/mol. The summed E-state index contributed by atoms with van der Waals surface area (Å²) in [6.45, 7) is 0. The Morgan fingerprint density at radius 3 is 2.62 bits per heavy atom. The minimum atomic E-state index is -1.11. The molecule has 1 aromatic rings. The van der Waals surface area contributed by atoms with Gasteiger partial charge in [0.15, 0.2) is 5.69 Å². The SMILES string of the molecule is O=C(NC1(C(=O)O)CCCC1)c1csnn1. The molecule has 1 aliphatic carbocycles. The number of hydrogen-bond acceptors (Lipinski definition) is 5. The highest BCUT2D eigenvalue weighted by atomic mass is 32.1. The van der Waals surface area contributed by atoms with Crippen LogP contribution in [0.25, 0.3) is 0 Å². The monoisotopic (exact) mass is 241 g/mol. The van der Waals surface area contributed by atoms with Crippen LogP contribution in [0, 0.1) is 0 Å². The molecular weight excluding hydrogens is 230 g/mol. The van der Waals surface area contributed by atoms with Crippen molar-refractivity contribution in [3.63, 3.8) is 0 Å². The van der Waals surface area contributed by atoms with Crippen molar-refractivity contribution in [1.82, 2.24) is 14.9 Å². The van der Waals surface area contributed by atoms with Crippen LogP contribution in [0.2, 0.25) is 0 Å². The van der Waals surface area contributed by atoms with E-state index in [1.54, 1.807) is 0 Å². The van der Waals surface area contributed by atoms with E-state index >= 15 is 0 Å². The maximum atomic E-state index is 11.7. The number of nitrogens with zero attached hydrogens (tertiary/aromatic N) is 2. The second-order valence-electron chi connectivity index (χ2n) is 3.84. The van der Waals surface area contributed by atoms with Crippen LogP contribution in [0.3, 0.4) is 0 Å². The molecule has 0 radical (unpaired) electrons. The fourth-order valence-electron chi connectivity index (χ4n) is 1.92. The molecule has 0 spiro atoms. The zero-order valence-electron chi connectivity index (χ0n) is 8.47. The second-order valence-corrected chi connectivity index (χ2v) is 4.45. The highest BCUT2D eigenvalue weighted by Gasteiger charge is 2.42. The second kappa shape index (κ2) is 4.17. The van der Waals surface area contributed by atoms with Crippen LogP contribution in [0.15, 0.2) is 5.38 Å². The smallest absolute Gasteiger partial charge is 0.329 e. The summed E-state index contributed by atoms with van der Waals surface area (Å²) in [6.07, 6.45) is 2.60. The van der Waals surface area contributed by atoms with E-state index in [0.29, 0.717) is 12.8 Å². The Balaban J connectivity index is 2.13. The predicted octanol–water partition coefficient (Wildman–Crippen LogP) is 0.665. The number of carboxylic acids is 1. The van der Waals surface area contributed by atoms with Crippen LogP contribution in [-0.2, 0) is 4.79 Å². The Morgan fingerprint density at radius 2 is 2.12 bits per heavy atom. The quantitative estimate of drug-likeness (QED) is 0.811. The zero-order valence-corrected chi connectivity index (χ0v) is 9.29. The third kappa shape index (κ3) is 1.90. The van der Waals surface area contributed by atoms with E-state index in [-0.39, 0.29) is 5.69 Å². The lowest BCUT2D eigenvalue weighted by Crippen LogP contribution is -2.52. The van der Waals surface area contributed by atoms with E-state index in [2.05, 4.69) is 14.9 Å². The van der Waals surface area contributed by atoms with Gasteiger partial charge < -0.3 is 10.4 Å². The Morgan fingerprint density at radius 1 is 1.44 bits per heavy atom. The summed E-state index contributed by atoms with van der Waals surface area (Å²) in [5.41, 5.74) is -0.932. The molecule has 1 saturated carbocycles. The molecule has 2 N–H and O–H groups in total. The largest absolute Gasteiger partial charge is 0.480 e. The molecular formula is C9H11N3O3S. The first-order valence-electron chi connectivity index (χ1n) is 4.97. The van der Waals surface area contributed by atoms with Crippen molar-refractivity contribution in [2.75, 3.05) is 0 Å². The standard InChI is InChI=1S/C9H11N3O3S/c13-7(6-5-16-12-11-6)10-9(8(14)15)3-1-2-4-9/h5H,1-4H2,(H,10,13)(H,14,15). The van der Waals surface area contributed by atoms with Gasteiger partial charge >= 0.3 is 5.97 Å². The number of hydrogen-bond donors (Lipinski definition) is 2. The van der Waals surface area contributed by atoms with Gasteiger partial charge in [-0.25, -0.2) is 4.79 Å². The summed E-state index contributed by atoms with van der Waals surface area (Å²) in [6, 6.07) is 0. The van der Waals surface area contributed by atoms with E-state index in [0.717, 1.165) is 24.4 Å². The van der Waals surface area contributed by atoms with E-state index in [1.165, 1.54) is 5.38 Å². The summed E-state index contributed by atoms with van der Waals surface area (Å²) in [7, 11) is 0. The van der Waals surface area contributed by atoms with E-state index in [9.17, 15) is 9.59 Å². The maximum Gasteiger partial charge on any atom is 0.329 e. The molecule has 2 rings (SSSR count). The van der Waals surface area contributed by atoms with Crippen molar-refractivity contribution in [3.05, 3.63) is 11.1 Å². The van der Waals surface area contributed by atoms with Crippen molar-refractivity contribution in [2.24, 2.45) is 0 Å². The first-order chi connectivity index (χ1) is 7.64. The Labute approximate surface area is 95.8 Å². The number of carbonyl (C=O) groups excluding carboxylic acids is 1. The van der Waals surface area contributed by atoms with Crippen molar-refractivity contribution < 1.29 is 14.7 Å². The third-order valence-electron chi connectivity index (χ3n) is 2.81. The highest BCUT2D eigenvalue weighted by molar-refractivity contribution is 7.03. The Kier molecular flexibility index (Phi) is 2.86. The molecule has 86 valence electrons. The van der Waals surface area contributed by atoms with Crippen LogP contribution in [0.1, 0.15) is 36.2 Å². The van der Waals surface area contributed by atoms with E-state index in [1.807, 2.05) is 0 Å². The minimum Gasteiger partial charge on any atom is -0.480 e. The fraction of sp³-hybridized carbons (Fsp3) is 0.556. The Hall–Kier alpha value is -1.50. The van der Waals surface area contributed by atoms with Gasteiger partial charge in [-0.15, -0.1) is 5.10 Å². The van der Waals surface area contributed by atoms with Crippen LogP contribution in [0.4, 0.5) is 0 Å². The van der Waals surface area contributed by atoms with E-state index < -0.39 is 17.4 Å². The number of carbonyl (C=O) groups is 2. The number of aromatic nitrogens is 2. The molecule has 0 atom stereocenters. The molecule has 0 unspecified atom stereocenters. The molecule has 1 amide bonds. The number of carboxylic acid groups (broad SMARTS) is 1. The van der Waals surface area contributed by atoms with Gasteiger partial charge in [-0.05, 0) is 24.4 Å². The zero-order chi connectivity index (χ0) is 11.6. The van der Waals surface area contributed by atoms with Crippen LogP contribution >= 0.6 is 11.5 Å². The third-order valence-corrected chi connectivity index (χ3v) is 3.32. The average Bonchev–Trinajstić information content (AvgIpc) is 2.88. The number of rotatable bonds is 3. The lowest BCUT2D eigenvalue weighted by molar-refractivity contribution is -0.144. The molecule has 0 aromatic carbocycles. The normalized spacial score (nSPS) is 18.2. The number of amides is 1. The molecule has 1 fully saturated rings. The van der Waals surface area contributed by atoms with Gasteiger partial charge in [0.1, 0.15) is 5.54 Å². The predicted molar refractivity (Wildman–Crippen MR) is 56.2 cm³/mol. The lowest BCUT2D eigenvalue weighted by atomic mass is 9.98. The summed E-state index contributed by atoms with van der Waals surface area (Å²) in [5, 5.41) is 16.8. The van der Waals surface area contributed by atoms with Gasteiger partial charge in [-0.2, -0.15) is 0 Å². The molecule has 6 nitrogen and oxygen atoms in total. The van der Waals surface area contributed by atoms with Crippen LogP contribution < -0.4 is 5.32 Å². The van der Waals surface area contributed by atoms with E-state index in [4.69, 9.17) is 5.11 Å². The molecule has 0 aliphatic heterocycles. The molecule has 1 aromatic heterocycles. The number of nitrogens with one attached hydrogen (secondary N) is 1. The molecule has 1 aliphatic rings. The fourth-order valence-corrected chi connectivity index (χ4v) is 2.35. The van der Waals surface area contributed by atoms with Gasteiger partial charge in [-0.1, -0.05) is 17.3 Å². The number of aliphatic carboxylic acids is 1. The summed E-state index contributed by atoms with van der Waals surface area (Å²) in [5.74, 6) is -1.43. The van der Waals surface area contributed by atoms with Gasteiger partial charge in [0.05, 0.1) is 0 Å². The van der Waals surface area contributed by atoms with Crippen LogP contribution in [0.5, 0.6) is 0 Å². The van der Waals surface area contributed by atoms with Crippen molar-refractivity contribution >= 4 is 23.4 Å². The minimum absolute atomic E-state index is 0.178. The van der Waals surface area contributed by atoms with Gasteiger partial charge in [-0.3, -0.25) is 4.79 Å². The van der Waals surface area contributed by atoms with Crippen LogP contribution in [-0.4, -0.2) is 32.1 Å². The lowest BCUT2D eigenvalue weighted by Gasteiger charge is -2.24. The molecule has 0 bridgehead atoms. The summed E-state index contributed by atoms with van der Waals surface area (Å²) >= 11 is 1.06. The topological polar surface area (TPSA) is 92.2 Å². The van der Waals surface area contributed by atoms with Crippen molar-refractivity contribution in [1.29, 1.82) is 0 Å². The first-order valence-corrected chi connectivity index (χ1v) is 5.81. The maximum absolute atomic E-state index is 11.7. The van der Waals surface area contributed by atoms with Crippen molar-refractivity contribution in [2.45, 2.75) is 31.2 Å². The Bertz CT molecular complexity index is 398. The molecule has 7 heteroatoms. The molecule has 0 saturated heterocycles. The van der Waals surface area contributed by atoms with Gasteiger partial charge in [0.2, 0.25) is 0 Å². The first kappa shape index (κ1) is 11.0. The molecule has 1 heterocycles. The molecule has 16 heavy (non-hydrogen) atoms. The summed E-state index contributed by atoms with van der Waals surface area (Å²) < 4.78 is 3.57. The van der Waals surface area contributed by atoms with Gasteiger partial charge in [0.25, 0.3) is 5.91 Å².